The summed E-state index contributed by atoms with van der Waals surface area (Å²) in [5.41, 5.74) is 0. The Morgan fingerprint density at radius 1 is 0.846 bits per heavy atom. The summed E-state index contributed by atoms with van der Waals surface area (Å²) >= 11 is 0. The van der Waals surface area contributed by atoms with Gasteiger partial charge in [-0.15, -0.1) is 0 Å². The van der Waals surface area contributed by atoms with Crippen molar-refractivity contribution in [2.24, 2.45) is 11.8 Å². The monoisotopic (exact) mass is 186 g/mol. The molecule has 0 radical (unpaired) electrons. The minimum absolute atomic E-state index is 0.000000000000000444. The molecule has 0 aliphatic heterocycles. The van der Waals surface area contributed by atoms with E-state index < -0.39 is 11.9 Å². The smallest absolute Gasteiger partial charge is 0.306 e. The number of hydrogen-bond donors (Lipinski definition) is 2. The summed E-state index contributed by atoms with van der Waals surface area (Å²) in [7, 11) is 0. The summed E-state index contributed by atoms with van der Waals surface area (Å²) in [5.74, 6) is -1.23. The van der Waals surface area contributed by atoms with Crippen LogP contribution in [0.2, 0.25) is 0 Å². The first-order valence-corrected chi connectivity index (χ1v) is 4.57. The van der Waals surface area contributed by atoms with Crippen LogP contribution in [0.4, 0.5) is 0 Å². The molecule has 13 heavy (non-hydrogen) atoms. The SMILES string of the molecule is O=C(O)C1CC1.O=C(O)C1CCC1. The topological polar surface area (TPSA) is 74.6 Å². The maximum absolute atomic E-state index is 9.98. The Hall–Kier alpha value is -1.06. The van der Waals surface area contributed by atoms with Gasteiger partial charge in [0, 0.05) is 0 Å². The van der Waals surface area contributed by atoms with Gasteiger partial charge in [-0.2, -0.15) is 0 Å². The van der Waals surface area contributed by atoms with Crippen LogP contribution in [0.1, 0.15) is 32.1 Å². The Morgan fingerprint density at radius 2 is 1.23 bits per heavy atom. The normalized spacial score (nSPS) is 20.9. The highest BCUT2D eigenvalue weighted by atomic mass is 16.4. The lowest BCUT2D eigenvalue weighted by atomic mass is 9.86. The number of carbonyl (C=O) groups is 2. The summed E-state index contributed by atoms with van der Waals surface area (Å²) in [6.07, 6.45) is 4.70. The van der Waals surface area contributed by atoms with Crippen molar-refractivity contribution in [2.45, 2.75) is 32.1 Å². The molecule has 74 valence electrons. The van der Waals surface area contributed by atoms with Crippen LogP contribution in [0.25, 0.3) is 0 Å². The summed E-state index contributed by atoms with van der Waals surface area (Å²) < 4.78 is 0. The molecule has 4 heteroatoms. The third-order valence-corrected chi connectivity index (χ3v) is 2.38. The minimum atomic E-state index is -0.630. The van der Waals surface area contributed by atoms with Crippen molar-refractivity contribution in [2.75, 3.05) is 0 Å². The zero-order valence-corrected chi connectivity index (χ0v) is 7.40. The van der Waals surface area contributed by atoms with E-state index in [0.717, 1.165) is 32.1 Å². The van der Waals surface area contributed by atoms with Crippen molar-refractivity contribution >= 4 is 11.9 Å². The lowest BCUT2D eigenvalue weighted by molar-refractivity contribution is -0.144. The zero-order valence-electron chi connectivity index (χ0n) is 7.40. The first-order valence-electron chi connectivity index (χ1n) is 4.57. The molecular formula is C9H14O4. The van der Waals surface area contributed by atoms with Crippen LogP contribution in [0, 0.1) is 11.8 Å². The Morgan fingerprint density at radius 3 is 1.23 bits per heavy atom. The van der Waals surface area contributed by atoms with Crippen molar-refractivity contribution < 1.29 is 19.8 Å². The van der Waals surface area contributed by atoms with E-state index in [9.17, 15) is 9.59 Å². The van der Waals surface area contributed by atoms with E-state index in [1.54, 1.807) is 0 Å². The molecule has 0 aromatic rings. The van der Waals surface area contributed by atoms with Crippen LogP contribution in [0.3, 0.4) is 0 Å². The Labute approximate surface area is 76.6 Å². The quantitative estimate of drug-likeness (QED) is 0.682. The van der Waals surface area contributed by atoms with Gasteiger partial charge in [-0.3, -0.25) is 9.59 Å². The van der Waals surface area contributed by atoms with Crippen LogP contribution in [0.5, 0.6) is 0 Å². The summed E-state index contributed by atoms with van der Waals surface area (Å²) in [5, 5.41) is 16.3. The third kappa shape index (κ3) is 3.44. The molecule has 0 aromatic heterocycles. The largest absolute Gasteiger partial charge is 0.481 e. The van der Waals surface area contributed by atoms with Gasteiger partial charge in [0.15, 0.2) is 0 Å². The zero-order chi connectivity index (χ0) is 9.84. The highest BCUT2D eigenvalue weighted by Crippen LogP contribution is 2.28. The molecule has 0 aromatic carbocycles. The lowest BCUT2D eigenvalue weighted by Crippen LogP contribution is -2.20. The molecule has 0 saturated heterocycles. The van der Waals surface area contributed by atoms with Gasteiger partial charge >= 0.3 is 11.9 Å². The fourth-order valence-corrected chi connectivity index (χ4v) is 0.985. The molecule has 0 amide bonds. The van der Waals surface area contributed by atoms with Crippen LogP contribution in [0.15, 0.2) is 0 Å². The fraction of sp³-hybridized carbons (Fsp3) is 0.778. The first-order chi connectivity index (χ1) is 6.11. The summed E-state index contributed by atoms with van der Waals surface area (Å²) in [6.45, 7) is 0. The molecule has 2 saturated carbocycles. The Kier molecular flexibility index (Phi) is 3.28. The third-order valence-electron chi connectivity index (χ3n) is 2.38. The number of carboxylic acid groups (broad SMARTS) is 2. The van der Waals surface area contributed by atoms with E-state index in [0.29, 0.717) is 0 Å². The molecule has 2 N–H and O–H groups in total. The van der Waals surface area contributed by atoms with E-state index in [-0.39, 0.29) is 11.8 Å². The van der Waals surface area contributed by atoms with Gasteiger partial charge in [-0.1, -0.05) is 6.42 Å². The standard InChI is InChI=1S/C5H8O2.C4H6O2/c6-5(7)4-2-1-3-4;5-4(6)3-1-2-3/h4H,1-3H2,(H,6,7);3H,1-2H2,(H,5,6). The highest BCUT2D eigenvalue weighted by molar-refractivity contribution is 5.72. The second-order valence-corrected chi connectivity index (χ2v) is 3.58. The second kappa shape index (κ2) is 4.25. The lowest BCUT2D eigenvalue weighted by Gasteiger charge is -2.19. The molecule has 4 nitrogen and oxygen atoms in total. The molecule has 2 aliphatic rings. The van der Waals surface area contributed by atoms with E-state index in [1.165, 1.54) is 0 Å². The molecule has 0 bridgehead atoms. The first kappa shape index (κ1) is 10.0. The molecule has 2 rings (SSSR count). The summed E-state index contributed by atoms with van der Waals surface area (Å²) in [4.78, 5) is 19.7. The Balaban J connectivity index is 0.000000132. The van der Waals surface area contributed by atoms with Crippen molar-refractivity contribution in [1.29, 1.82) is 0 Å². The Bertz CT molecular complexity index is 204. The van der Waals surface area contributed by atoms with Gasteiger partial charge in [0.25, 0.3) is 0 Å². The van der Waals surface area contributed by atoms with Gasteiger partial charge < -0.3 is 10.2 Å². The highest BCUT2D eigenvalue weighted by Gasteiger charge is 2.28. The summed E-state index contributed by atoms with van der Waals surface area (Å²) in [6, 6.07) is 0. The molecule has 0 heterocycles. The van der Waals surface area contributed by atoms with Crippen molar-refractivity contribution in [3.05, 3.63) is 0 Å². The number of hydrogen-bond acceptors (Lipinski definition) is 2. The van der Waals surface area contributed by atoms with E-state index in [2.05, 4.69) is 0 Å². The number of carboxylic acids is 2. The van der Waals surface area contributed by atoms with E-state index in [4.69, 9.17) is 10.2 Å². The molecule has 0 atom stereocenters. The molecule has 2 fully saturated rings. The van der Waals surface area contributed by atoms with Crippen molar-refractivity contribution in [1.82, 2.24) is 0 Å². The van der Waals surface area contributed by atoms with Gasteiger partial charge in [-0.25, -0.2) is 0 Å². The number of aliphatic carboxylic acids is 2. The average Bonchev–Trinajstić information content (AvgIpc) is 2.60. The van der Waals surface area contributed by atoms with Gasteiger partial charge in [-0.05, 0) is 25.7 Å². The van der Waals surface area contributed by atoms with Crippen LogP contribution < -0.4 is 0 Å². The van der Waals surface area contributed by atoms with Crippen LogP contribution in [-0.4, -0.2) is 22.2 Å². The van der Waals surface area contributed by atoms with E-state index >= 15 is 0 Å². The van der Waals surface area contributed by atoms with Gasteiger partial charge in [0.05, 0.1) is 11.8 Å². The van der Waals surface area contributed by atoms with Crippen molar-refractivity contribution in [3.8, 4) is 0 Å². The molecule has 2 aliphatic carbocycles. The minimum Gasteiger partial charge on any atom is -0.481 e. The molecule has 0 spiro atoms. The predicted molar refractivity (Wildman–Crippen MR) is 45.3 cm³/mol. The molecule has 0 unspecified atom stereocenters. The number of rotatable bonds is 2. The molecular weight excluding hydrogens is 172 g/mol. The van der Waals surface area contributed by atoms with Crippen LogP contribution >= 0.6 is 0 Å². The predicted octanol–water partition coefficient (Wildman–Crippen LogP) is 1.35. The maximum atomic E-state index is 9.98. The second-order valence-electron chi connectivity index (χ2n) is 3.58. The maximum Gasteiger partial charge on any atom is 0.306 e. The van der Waals surface area contributed by atoms with Crippen LogP contribution in [-0.2, 0) is 9.59 Å². The van der Waals surface area contributed by atoms with E-state index in [1.807, 2.05) is 0 Å². The van der Waals surface area contributed by atoms with Crippen molar-refractivity contribution in [3.63, 3.8) is 0 Å². The van der Waals surface area contributed by atoms with Gasteiger partial charge in [0.2, 0.25) is 0 Å². The fourth-order valence-electron chi connectivity index (χ4n) is 0.985. The van der Waals surface area contributed by atoms with Gasteiger partial charge in [0.1, 0.15) is 0 Å². The average molecular weight is 186 g/mol.